The molecule has 1 aromatic rings. The van der Waals surface area contributed by atoms with Crippen LogP contribution in [0, 0.1) is 0 Å². The molecule has 0 spiro atoms. The molecule has 0 aliphatic rings. The first-order chi connectivity index (χ1) is 6.20. The lowest BCUT2D eigenvalue weighted by Crippen LogP contribution is -2.33. The van der Waals surface area contributed by atoms with E-state index in [2.05, 4.69) is 15.5 Å². The summed E-state index contributed by atoms with van der Waals surface area (Å²) in [6.07, 6.45) is 2.69. The van der Waals surface area contributed by atoms with Gasteiger partial charge in [-0.1, -0.05) is 0 Å². The summed E-state index contributed by atoms with van der Waals surface area (Å²) >= 11 is 0. The van der Waals surface area contributed by atoms with Crippen molar-refractivity contribution in [1.82, 2.24) is 15.5 Å². The Hall–Kier alpha value is -1.98. The van der Waals surface area contributed by atoms with Crippen LogP contribution in [-0.2, 0) is 4.79 Å². The fourth-order valence-corrected chi connectivity index (χ4v) is 0.694. The van der Waals surface area contributed by atoms with E-state index >= 15 is 0 Å². The molecule has 2 amide bonds. The van der Waals surface area contributed by atoms with E-state index in [4.69, 9.17) is 5.73 Å². The molecule has 1 heterocycles. The molecule has 1 rings (SSSR count). The third-order valence-corrected chi connectivity index (χ3v) is 1.27. The van der Waals surface area contributed by atoms with Gasteiger partial charge in [0.15, 0.2) is 0 Å². The van der Waals surface area contributed by atoms with Gasteiger partial charge in [0.05, 0.1) is 24.5 Å². The van der Waals surface area contributed by atoms with E-state index in [1.54, 1.807) is 0 Å². The maximum absolute atomic E-state index is 11.2. The minimum atomic E-state index is -0.588. The van der Waals surface area contributed by atoms with Crippen LogP contribution in [0.3, 0.4) is 0 Å². The second-order valence-electron chi connectivity index (χ2n) is 2.28. The van der Waals surface area contributed by atoms with Gasteiger partial charge in [-0.15, -0.1) is 0 Å². The molecule has 0 radical (unpaired) electrons. The van der Waals surface area contributed by atoms with Crippen LogP contribution in [0.4, 0.5) is 0 Å². The van der Waals surface area contributed by atoms with Gasteiger partial charge in [-0.2, -0.15) is 10.2 Å². The number of amides is 2. The molecule has 0 atom stereocenters. The first-order valence-electron chi connectivity index (χ1n) is 3.53. The number of nitrogens with one attached hydrogen (secondary N) is 1. The molecule has 0 bridgehead atoms. The van der Waals surface area contributed by atoms with E-state index in [1.807, 2.05) is 0 Å². The Bertz CT molecular complexity index is 312. The van der Waals surface area contributed by atoms with Crippen LogP contribution < -0.4 is 11.1 Å². The van der Waals surface area contributed by atoms with E-state index in [1.165, 1.54) is 18.5 Å². The second kappa shape index (κ2) is 4.15. The summed E-state index contributed by atoms with van der Waals surface area (Å²) in [5.41, 5.74) is 5.18. The number of aromatic nitrogens is 2. The molecule has 3 N–H and O–H groups in total. The third-order valence-electron chi connectivity index (χ3n) is 1.27. The fraction of sp³-hybridized carbons (Fsp3) is 0.143. The summed E-state index contributed by atoms with van der Waals surface area (Å²) in [5.74, 6) is -0.982. The normalized spacial score (nSPS) is 9.23. The molecule has 68 valence electrons. The first-order valence-corrected chi connectivity index (χ1v) is 3.53. The molecule has 0 aromatic carbocycles. The van der Waals surface area contributed by atoms with Crippen LogP contribution in [0.5, 0.6) is 0 Å². The van der Waals surface area contributed by atoms with Crippen molar-refractivity contribution in [2.24, 2.45) is 5.73 Å². The molecule has 13 heavy (non-hydrogen) atoms. The highest BCUT2D eigenvalue weighted by Gasteiger charge is 2.05. The average molecular weight is 180 g/mol. The second-order valence-corrected chi connectivity index (χ2v) is 2.28. The van der Waals surface area contributed by atoms with Crippen molar-refractivity contribution in [3.05, 3.63) is 24.0 Å². The van der Waals surface area contributed by atoms with Gasteiger partial charge in [0.1, 0.15) is 0 Å². The Morgan fingerprint density at radius 3 is 2.77 bits per heavy atom. The molecule has 6 nitrogen and oxygen atoms in total. The van der Waals surface area contributed by atoms with Crippen molar-refractivity contribution in [3.63, 3.8) is 0 Å². The summed E-state index contributed by atoms with van der Waals surface area (Å²) in [7, 11) is 0. The fourth-order valence-electron chi connectivity index (χ4n) is 0.694. The summed E-state index contributed by atoms with van der Waals surface area (Å²) < 4.78 is 0. The zero-order chi connectivity index (χ0) is 9.68. The van der Waals surface area contributed by atoms with Gasteiger partial charge in [0.2, 0.25) is 5.91 Å². The standard InChI is InChI=1S/C7H8N4O2/c8-6(12)4-9-7(13)5-1-2-10-11-3-5/h1-3H,4H2,(H2,8,12)(H,9,13). The SMILES string of the molecule is NC(=O)CNC(=O)c1ccnnc1. The average Bonchev–Trinajstić information content (AvgIpc) is 2.15. The predicted octanol–water partition coefficient (Wildman–Crippen LogP) is -1.31. The lowest BCUT2D eigenvalue weighted by atomic mass is 10.3. The number of hydrogen-bond donors (Lipinski definition) is 2. The maximum Gasteiger partial charge on any atom is 0.253 e. The maximum atomic E-state index is 11.2. The summed E-state index contributed by atoms with van der Waals surface area (Å²) in [5, 5.41) is 9.32. The number of hydrogen-bond acceptors (Lipinski definition) is 4. The van der Waals surface area contributed by atoms with Crippen LogP contribution in [0.25, 0.3) is 0 Å². The number of carbonyl (C=O) groups excluding carboxylic acids is 2. The zero-order valence-electron chi connectivity index (χ0n) is 6.73. The van der Waals surface area contributed by atoms with Crippen molar-refractivity contribution in [3.8, 4) is 0 Å². The molecular weight excluding hydrogens is 172 g/mol. The number of primary amides is 1. The van der Waals surface area contributed by atoms with Crippen LogP contribution in [-0.4, -0.2) is 28.6 Å². The van der Waals surface area contributed by atoms with E-state index in [0.29, 0.717) is 5.56 Å². The molecule has 6 heteroatoms. The molecule has 0 aliphatic heterocycles. The Labute approximate surface area is 74.1 Å². The Balaban J connectivity index is 2.54. The van der Waals surface area contributed by atoms with E-state index in [-0.39, 0.29) is 6.54 Å². The summed E-state index contributed by atoms with van der Waals surface area (Å²) in [6, 6.07) is 1.49. The third kappa shape index (κ3) is 2.86. The van der Waals surface area contributed by atoms with Crippen LogP contribution in [0.2, 0.25) is 0 Å². The Kier molecular flexibility index (Phi) is 2.91. The quantitative estimate of drug-likeness (QED) is 0.603. The highest BCUT2D eigenvalue weighted by Crippen LogP contribution is 1.92. The van der Waals surface area contributed by atoms with Crippen molar-refractivity contribution < 1.29 is 9.59 Å². The minimum absolute atomic E-state index is 0.179. The predicted molar refractivity (Wildman–Crippen MR) is 43.6 cm³/mol. The molecule has 0 unspecified atom stereocenters. The molecule has 0 aliphatic carbocycles. The van der Waals surface area contributed by atoms with Crippen molar-refractivity contribution in [2.45, 2.75) is 0 Å². The van der Waals surface area contributed by atoms with Gasteiger partial charge in [0, 0.05) is 0 Å². The first kappa shape index (κ1) is 9.11. The molecule has 1 aromatic heterocycles. The van der Waals surface area contributed by atoms with Crippen molar-refractivity contribution in [1.29, 1.82) is 0 Å². The van der Waals surface area contributed by atoms with Gasteiger partial charge in [-0.25, -0.2) is 0 Å². The highest BCUT2D eigenvalue weighted by molar-refractivity contribution is 5.95. The van der Waals surface area contributed by atoms with Crippen LogP contribution in [0.15, 0.2) is 18.5 Å². The topological polar surface area (TPSA) is 98.0 Å². The zero-order valence-corrected chi connectivity index (χ0v) is 6.73. The highest BCUT2D eigenvalue weighted by atomic mass is 16.2. The lowest BCUT2D eigenvalue weighted by Gasteiger charge is -2.00. The van der Waals surface area contributed by atoms with Crippen molar-refractivity contribution in [2.75, 3.05) is 6.54 Å². The molecule has 0 saturated carbocycles. The van der Waals surface area contributed by atoms with E-state index < -0.39 is 11.8 Å². The number of carbonyl (C=O) groups is 2. The van der Waals surface area contributed by atoms with E-state index in [0.717, 1.165) is 0 Å². The molecular formula is C7H8N4O2. The van der Waals surface area contributed by atoms with Gasteiger partial charge in [-0.3, -0.25) is 9.59 Å². The smallest absolute Gasteiger partial charge is 0.253 e. The van der Waals surface area contributed by atoms with E-state index in [9.17, 15) is 9.59 Å². The Morgan fingerprint density at radius 1 is 1.46 bits per heavy atom. The van der Waals surface area contributed by atoms with Crippen LogP contribution >= 0.6 is 0 Å². The van der Waals surface area contributed by atoms with Gasteiger partial charge in [0.25, 0.3) is 5.91 Å². The summed E-state index contributed by atoms with van der Waals surface area (Å²) in [6.45, 7) is -0.179. The summed E-state index contributed by atoms with van der Waals surface area (Å²) in [4.78, 5) is 21.5. The molecule has 0 fully saturated rings. The lowest BCUT2D eigenvalue weighted by molar-refractivity contribution is -0.117. The van der Waals surface area contributed by atoms with Crippen molar-refractivity contribution >= 4 is 11.8 Å². The van der Waals surface area contributed by atoms with Gasteiger partial charge in [-0.05, 0) is 6.07 Å². The monoisotopic (exact) mass is 180 g/mol. The number of nitrogens with two attached hydrogens (primary N) is 1. The van der Waals surface area contributed by atoms with Crippen LogP contribution in [0.1, 0.15) is 10.4 Å². The number of rotatable bonds is 3. The molecule has 0 saturated heterocycles. The Morgan fingerprint density at radius 2 is 2.23 bits per heavy atom. The van der Waals surface area contributed by atoms with Gasteiger partial charge >= 0.3 is 0 Å². The van der Waals surface area contributed by atoms with Gasteiger partial charge < -0.3 is 11.1 Å². The number of nitrogens with zero attached hydrogens (tertiary/aromatic N) is 2. The minimum Gasteiger partial charge on any atom is -0.368 e. The largest absolute Gasteiger partial charge is 0.368 e.